The Kier molecular flexibility index (Phi) is 6.81. The minimum atomic E-state index is 0.148. The van der Waals surface area contributed by atoms with Crippen LogP contribution in [0.5, 0.6) is 0 Å². The van der Waals surface area contributed by atoms with Crippen molar-refractivity contribution in [2.45, 2.75) is 38.6 Å². The molecular formula is C27H32N4O2. The Labute approximate surface area is 195 Å². The van der Waals surface area contributed by atoms with Gasteiger partial charge in [-0.25, -0.2) is 0 Å². The highest BCUT2D eigenvalue weighted by atomic mass is 16.5. The van der Waals surface area contributed by atoms with Gasteiger partial charge in [0, 0.05) is 24.6 Å². The predicted octanol–water partition coefficient (Wildman–Crippen LogP) is 4.43. The van der Waals surface area contributed by atoms with Crippen LogP contribution < -0.4 is 0 Å². The Bertz CT molecular complexity index is 1020. The summed E-state index contributed by atoms with van der Waals surface area (Å²) in [5, 5.41) is 4.12. The zero-order valence-electron chi connectivity index (χ0n) is 19.1. The summed E-state index contributed by atoms with van der Waals surface area (Å²) in [6, 6.07) is 20.6. The van der Waals surface area contributed by atoms with Crippen LogP contribution in [0.2, 0.25) is 0 Å². The fourth-order valence-electron chi connectivity index (χ4n) is 5.12. The van der Waals surface area contributed by atoms with E-state index in [9.17, 15) is 4.79 Å². The summed E-state index contributed by atoms with van der Waals surface area (Å²) >= 11 is 0. The van der Waals surface area contributed by atoms with Crippen molar-refractivity contribution in [2.24, 2.45) is 11.8 Å². The number of rotatable bonds is 6. The average molecular weight is 445 g/mol. The molecule has 6 nitrogen and oxygen atoms in total. The number of hydrogen-bond donors (Lipinski definition) is 0. The quantitative estimate of drug-likeness (QED) is 0.563. The molecule has 5 rings (SSSR count). The molecule has 2 saturated heterocycles. The summed E-state index contributed by atoms with van der Waals surface area (Å²) in [7, 11) is 0. The van der Waals surface area contributed by atoms with E-state index in [1.165, 1.54) is 5.56 Å². The topological polar surface area (TPSA) is 62.5 Å². The van der Waals surface area contributed by atoms with Gasteiger partial charge in [0.05, 0.1) is 6.54 Å². The molecule has 0 saturated carbocycles. The maximum absolute atomic E-state index is 13.1. The van der Waals surface area contributed by atoms with Gasteiger partial charge < -0.3 is 9.42 Å². The van der Waals surface area contributed by atoms with Gasteiger partial charge in [-0.15, -0.1) is 0 Å². The van der Waals surface area contributed by atoms with Crippen molar-refractivity contribution in [3.8, 4) is 11.4 Å². The Morgan fingerprint density at radius 3 is 2.24 bits per heavy atom. The lowest BCUT2D eigenvalue weighted by Crippen LogP contribution is -2.45. The number of piperidine rings is 2. The van der Waals surface area contributed by atoms with Gasteiger partial charge in [0.15, 0.2) is 0 Å². The first-order valence-electron chi connectivity index (χ1n) is 12.2. The van der Waals surface area contributed by atoms with E-state index in [2.05, 4.69) is 50.3 Å². The largest absolute Gasteiger partial charge is 0.342 e. The molecule has 0 aliphatic carbocycles. The number of benzene rings is 2. The van der Waals surface area contributed by atoms with E-state index < -0.39 is 0 Å². The average Bonchev–Trinajstić information content (AvgIpc) is 3.34. The highest BCUT2D eigenvalue weighted by Gasteiger charge is 2.31. The molecule has 3 aromatic rings. The second kappa shape index (κ2) is 10.3. The van der Waals surface area contributed by atoms with Crippen LogP contribution in [-0.4, -0.2) is 52.0 Å². The summed E-state index contributed by atoms with van der Waals surface area (Å²) in [5.74, 6) is 2.46. The first-order valence-corrected chi connectivity index (χ1v) is 12.2. The predicted molar refractivity (Wildman–Crippen MR) is 127 cm³/mol. The van der Waals surface area contributed by atoms with Gasteiger partial charge in [0.2, 0.25) is 17.6 Å². The second-order valence-electron chi connectivity index (χ2n) is 9.39. The van der Waals surface area contributed by atoms with Gasteiger partial charge in [-0.05, 0) is 56.7 Å². The summed E-state index contributed by atoms with van der Waals surface area (Å²) < 4.78 is 5.47. The molecule has 2 aromatic carbocycles. The molecular weight excluding hydrogens is 412 g/mol. The Morgan fingerprint density at radius 1 is 0.879 bits per heavy atom. The lowest BCUT2D eigenvalue weighted by molar-refractivity contribution is -0.138. The van der Waals surface area contributed by atoms with Crippen LogP contribution in [0.15, 0.2) is 65.2 Å². The number of hydrogen-bond acceptors (Lipinski definition) is 5. The Morgan fingerprint density at radius 2 is 1.55 bits per heavy atom. The van der Waals surface area contributed by atoms with Crippen molar-refractivity contribution in [1.29, 1.82) is 0 Å². The van der Waals surface area contributed by atoms with Crippen LogP contribution >= 0.6 is 0 Å². The third-order valence-electron chi connectivity index (χ3n) is 7.09. The zero-order chi connectivity index (χ0) is 22.5. The van der Waals surface area contributed by atoms with E-state index in [1.54, 1.807) is 0 Å². The molecule has 6 heteroatoms. The number of amides is 1. The SMILES string of the molecule is O=C(C1CCN(Cc2nc(-c3ccccc3)no2)CC1)N1CCC(Cc2ccccc2)CC1. The lowest BCUT2D eigenvalue weighted by Gasteiger charge is -2.37. The van der Waals surface area contributed by atoms with E-state index >= 15 is 0 Å². The fourth-order valence-corrected chi connectivity index (χ4v) is 5.12. The van der Waals surface area contributed by atoms with Gasteiger partial charge >= 0.3 is 0 Å². The molecule has 2 fully saturated rings. The minimum Gasteiger partial charge on any atom is -0.342 e. The first-order chi connectivity index (χ1) is 16.2. The molecule has 0 unspecified atom stereocenters. The molecule has 1 amide bonds. The van der Waals surface area contributed by atoms with Crippen molar-refractivity contribution < 1.29 is 9.32 Å². The standard InChI is InChI=1S/C27H32N4O2/c32-27(31-17-11-22(12-18-31)19-21-7-3-1-4-8-21)24-13-15-30(16-14-24)20-25-28-26(29-33-25)23-9-5-2-6-10-23/h1-10,22,24H,11-20H2. The molecule has 0 spiro atoms. The van der Waals surface area contributed by atoms with Gasteiger partial charge in [0.1, 0.15) is 0 Å². The van der Waals surface area contributed by atoms with Gasteiger partial charge in [-0.1, -0.05) is 65.8 Å². The van der Waals surface area contributed by atoms with Gasteiger partial charge in [-0.3, -0.25) is 9.69 Å². The number of carbonyl (C=O) groups excluding carboxylic acids is 1. The van der Waals surface area contributed by atoms with Crippen LogP contribution in [0, 0.1) is 11.8 Å². The van der Waals surface area contributed by atoms with E-state index in [0.29, 0.717) is 30.1 Å². The Balaban J connectivity index is 1.06. The highest BCUT2D eigenvalue weighted by Crippen LogP contribution is 2.26. The highest BCUT2D eigenvalue weighted by molar-refractivity contribution is 5.79. The minimum absolute atomic E-state index is 0.148. The zero-order valence-corrected chi connectivity index (χ0v) is 19.1. The fraction of sp³-hybridized carbons (Fsp3) is 0.444. The van der Waals surface area contributed by atoms with Crippen LogP contribution in [-0.2, 0) is 17.8 Å². The first kappa shape index (κ1) is 21.8. The van der Waals surface area contributed by atoms with Crippen molar-refractivity contribution in [3.05, 3.63) is 72.1 Å². The molecule has 2 aliphatic heterocycles. The van der Waals surface area contributed by atoms with Crippen molar-refractivity contribution in [1.82, 2.24) is 19.9 Å². The monoisotopic (exact) mass is 444 g/mol. The van der Waals surface area contributed by atoms with Gasteiger partial charge in [-0.2, -0.15) is 4.98 Å². The normalized spacial score (nSPS) is 18.5. The van der Waals surface area contributed by atoms with Crippen molar-refractivity contribution in [2.75, 3.05) is 26.2 Å². The number of carbonyl (C=O) groups is 1. The molecule has 0 N–H and O–H groups in total. The van der Waals surface area contributed by atoms with E-state index in [1.807, 2.05) is 30.3 Å². The van der Waals surface area contributed by atoms with E-state index in [0.717, 1.165) is 63.8 Å². The number of aromatic nitrogens is 2. The van der Waals surface area contributed by atoms with Crippen LogP contribution in [0.4, 0.5) is 0 Å². The summed E-state index contributed by atoms with van der Waals surface area (Å²) in [4.78, 5) is 22.1. The molecule has 0 bridgehead atoms. The van der Waals surface area contributed by atoms with Crippen molar-refractivity contribution in [3.63, 3.8) is 0 Å². The van der Waals surface area contributed by atoms with E-state index in [4.69, 9.17) is 4.52 Å². The maximum atomic E-state index is 13.1. The molecule has 0 radical (unpaired) electrons. The molecule has 172 valence electrons. The number of nitrogens with zero attached hydrogens (tertiary/aromatic N) is 4. The Hall–Kier alpha value is -2.99. The molecule has 33 heavy (non-hydrogen) atoms. The van der Waals surface area contributed by atoms with Crippen molar-refractivity contribution >= 4 is 5.91 Å². The summed E-state index contributed by atoms with van der Waals surface area (Å²) in [6.07, 6.45) is 5.16. The van der Waals surface area contributed by atoms with E-state index in [-0.39, 0.29) is 5.92 Å². The summed E-state index contributed by atoms with van der Waals surface area (Å²) in [6.45, 7) is 4.24. The molecule has 3 heterocycles. The molecule has 0 atom stereocenters. The van der Waals surface area contributed by atoms with Crippen LogP contribution in [0.25, 0.3) is 11.4 Å². The number of likely N-dealkylation sites (tertiary alicyclic amines) is 2. The third kappa shape index (κ3) is 5.50. The second-order valence-corrected chi connectivity index (χ2v) is 9.39. The maximum Gasteiger partial charge on any atom is 0.241 e. The van der Waals surface area contributed by atoms with Crippen LogP contribution in [0.3, 0.4) is 0 Å². The smallest absolute Gasteiger partial charge is 0.241 e. The summed E-state index contributed by atoms with van der Waals surface area (Å²) in [5.41, 5.74) is 2.37. The molecule has 2 aliphatic rings. The third-order valence-corrected chi connectivity index (χ3v) is 7.09. The van der Waals surface area contributed by atoms with Gasteiger partial charge in [0.25, 0.3) is 0 Å². The van der Waals surface area contributed by atoms with Crippen LogP contribution in [0.1, 0.15) is 37.1 Å². The molecule has 1 aromatic heterocycles. The lowest BCUT2D eigenvalue weighted by atomic mass is 9.88.